The third-order valence-corrected chi connectivity index (χ3v) is 5.19. The topological polar surface area (TPSA) is 32.3 Å². The van der Waals surface area contributed by atoms with Gasteiger partial charge in [-0.25, -0.2) is 0 Å². The van der Waals surface area contributed by atoms with Crippen LogP contribution in [0, 0.1) is 12.8 Å². The molecule has 1 aromatic carbocycles. The molecular formula is C17H23BrN2O. The van der Waals surface area contributed by atoms with Crippen molar-refractivity contribution < 1.29 is 4.79 Å². The van der Waals surface area contributed by atoms with Crippen LogP contribution in [0.3, 0.4) is 0 Å². The van der Waals surface area contributed by atoms with Crippen molar-refractivity contribution >= 4 is 21.8 Å². The summed E-state index contributed by atoms with van der Waals surface area (Å²) in [5, 5.41) is 3.65. The van der Waals surface area contributed by atoms with Gasteiger partial charge in [-0.2, -0.15) is 0 Å². The van der Waals surface area contributed by atoms with Crippen LogP contribution in [0.15, 0.2) is 22.7 Å². The summed E-state index contributed by atoms with van der Waals surface area (Å²) >= 11 is 3.51. The number of hydrogen-bond donors (Lipinski definition) is 1. The summed E-state index contributed by atoms with van der Waals surface area (Å²) in [5.74, 6) is 1.08. The number of likely N-dealkylation sites (tertiary alicyclic amines) is 1. The number of hydrogen-bond acceptors (Lipinski definition) is 2. The van der Waals surface area contributed by atoms with E-state index in [2.05, 4.69) is 21.2 Å². The van der Waals surface area contributed by atoms with Gasteiger partial charge in [0.2, 0.25) is 0 Å². The maximum Gasteiger partial charge on any atom is 0.254 e. The summed E-state index contributed by atoms with van der Waals surface area (Å²) < 4.78 is 0.904. The molecule has 0 atom stereocenters. The Morgan fingerprint density at radius 1 is 1.29 bits per heavy atom. The highest BCUT2D eigenvalue weighted by molar-refractivity contribution is 9.10. The van der Waals surface area contributed by atoms with Gasteiger partial charge in [0.15, 0.2) is 0 Å². The first-order valence-corrected chi connectivity index (χ1v) is 8.71. The molecule has 2 aliphatic rings. The fraction of sp³-hybridized carbons (Fsp3) is 0.588. The van der Waals surface area contributed by atoms with Crippen molar-refractivity contribution in [2.75, 3.05) is 19.6 Å². The molecule has 1 saturated carbocycles. The smallest absolute Gasteiger partial charge is 0.254 e. The van der Waals surface area contributed by atoms with E-state index in [4.69, 9.17) is 0 Å². The highest BCUT2D eigenvalue weighted by Gasteiger charge is 2.26. The normalized spacial score (nSPS) is 19.8. The van der Waals surface area contributed by atoms with Crippen LogP contribution in [-0.2, 0) is 0 Å². The Hall–Kier alpha value is -0.870. The number of nitrogens with one attached hydrogen (secondary N) is 1. The molecule has 3 nitrogen and oxygen atoms in total. The van der Waals surface area contributed by atoms with Crippen LogP contribution >= 0.6 is 15.9 Å². The summed E-state index contributed by atoms with van der Waals surface area (Å²) in [7, 11) is 0. The van der Waals surface area contributed by atoms with Crippen LogP contribution in [0.4, 0.5) is 0 Å². The number of piperidine rings is 1. The molecule has 0 aromatic heterocycles. The van der Waals surface area contributed by atoms with Gasteiger partial charge in [0.05, 0.1) is 5.56 Å². The van der Waals surface area contributed by atoms with Crippen LogP contribution in [0.5, 0.6) is 0 Å². The molecule has 114 valence electrons. The Kier molecular flexibility index (Phi) is 4.65. The molecule has 0 bridgehead atoms. The molecule has 4 heteroatoms. The fourth-order valence-corrected chi connectivity index (χ4v) is 3.57. The van der Waals surface area contributed by atoms with Gasteiger partial charge in [0.25, 0.3) is 5.91 Å². The number of carbonyl (C=O) groups is 1. The summed E-state index contributed by atoms with van der Waals surface area (Å²) in [6, 6.07) is 6.54. The molecule has 1 amide bonds. The van der Waals surface area contributed by atoms with Crippen molar-refractivity contribution in [2.24, 2.45) is 5.92 Å². The van der Waals surface area contributed by atoms with Gasteiger partial charge in [-0.05, 0) is 78.7 Å². The lowest BCUT2D eigenvalue weighted by molar-refractivity contribution is 0.0704. The second kappa shape index (κ2) is 6.49. The van der Waals surface area contributed by atoms with Crippen molar-refractivity contribution in [2.45, 2.75) is 38.6 Å². The maximum absolute atomic E-state index is 12.6. The van der Waals surface area contributed by atoms with Gasteiger partial charge >= 0.3 is 0 Å². The largest absolute Gasteiger partial charge is 0.338 e. The molecule has 1 saturated heterocycles. The number of carbonyl (C=O) groups excluding carboxylic acids is 1. The average Bonchev–Trinajstić information content (AvgIpc) is 3.29. The number of amides is 1. The van der Waals surface area contributed by atoms with Crippen molar-refractivity contribution in [1.29, 1.82) is 0 Å². The molecule has 0 radical (unpaired) electrons. The summed E-state index contributed by atoms with van der Waals surface area (Å²) in [6.45, 7) is 4.93. The van der Waals surface area contributed by atoms with Gasteiger partial charge in [-0.3, -0.25) is 4.79 Å². The van der Waals surface area contributed by atoms with Gasteiger partial charge < -0.3 is 10.2 Å². The van der Waals surface area contributed by atoms with Crippen molar-refractivity contribution in [3.05, 3.63) is 33.8 Å². The monoisotopic (exact) mass is 350 g/mol. The lowest BCUT2D eigenvalue weighted by Crippen LogP contribution is -2.45. The molecule has 1 N–H and O–H groups in total. The van der Waals surface area contributed by atoms with Crippen molar-refractivity contribution in [1.82, 2.24) is 10.2 Å². The quantitative estimate of drug-likeness (QED) is 0.902. The van der Waals surface area contributed by atoms with Crippen LogP contribution < -0.4 is 5.32 Å². The number of benzene rings is 1. The van der Waals surface area contributed by atoms with Crippen molar-refractivity contribution in [3.63, 3.8) is 0 Å². The molecule has 0 spiro atoms. The number of nitrogens with zero attached hydrogens (tertiary/aromatic N) is 1. The Morgan fingerprint density at radius 3 is 2.62 bits per heavy atom. The lowest BCUT2D eigenvalue weighted by atomic mass is 10.0. The molecule has 1 aliphatic heterocycles. The van der Waals surface area contributed by atoms with Gasteiger partial charge in [-0.1, -0.05) is 6.07 Å². The van der Waals surface area contributed by atoms with Crippen molar-refractivity contribution in [3.8, 4) is 0 Å². The Bertz CT molecular complexity index is 520. The van der Waals surface area contributed by atoms with Crippen LogP contribution in [-0.4, -0.2) is 36.5 Å². The van der Waals surface area contributed by atoms with Gasteiger partial charge in [0, 0.05) is 23.6 Å². The summed E-state index contributed by atoms with van der Waals surface area (Å²) in [4.78, 5) is 14.6. The third kappa shape index (κ3) is 3.86. The van der Waals surface area contributed by atoms with E-state index in [-0.39, 0.29) is 5.91 Å². The molecular weight excluding hydrogens is 328 g/mol. The molecule has 0 unspecified atom stereocenters. The highest BCUT2D eigenvalue weighted by Crippen LogP contribution is 2.28. The Balaban J connectivity index is 1.54. The van der Waals surface area contributed by atoms with E-state index >= 15 is 0 Å². The summed E-state index contributed by atoms with van der Waals surface area (Å²) in [5.41, 5.74) is 1.95. The third-order valence-electron chi connectivity index (χ3n) is 4.53. The molecule has 1 aromatic rings. The van der Waals surface area contributed by atoms with E-state index in [9.17, 15) is 4.79 Å². The van der Waals surface area contributed by atoms with E-state index in [1.807, 2.05) is 30.0 Å². The van der Waals surface area contributed by atoms with E-state index in [0.717, 1.165) is 41.9 Å². The van der Waals surface area contributed by atoms with Crippen LogP contribution in [0.25, 0.3) is 0 Å². The van der Waals surface area contributed by atoms with Crippen LogP contribution in [0.1, 0.15) is 41.6 Å². The minimum atomic E-state index is 0.155. The second-order valence-electron chi connectivity index (χ2n) is 6.40. The minimum absolute atomic E-state index is 0.155. The molecule has 3 rings (SSSR count). The first-order valence-electron chi connectivity index (χ1n) is 7.92. The number of rotatable bonds is 4. The van der Waals surface area contributed by atoms with E-state index < -0.39 is 0 Å². The first kappa shape index (κ1) is 15.0. The van der Waals surface area contributed by atoms with E-state index in [1.54, 1.807) is 0 Å². The molecule has 21 heavy (non-hydrogen) atoms. The van der Waals surface area contributed by atoms with Gasteiger partial charge in [-0.15, -0.1) is 0 Å². The SMILES string of the molecule is Cc1ccc(C(=O)N2CCC(NCC3CC3)CC2)c(Br)c1. The predicted octanol–water partition coefficient (Wildman–Crippen LogP) is 3.36. The highest BCUT2D eigenvalue weighted by atomic mass is 79.9. The van der Waals surface area contributed by atoms with Crippen LogP contribution in [0.2, 0.25) is 0 Å². The number of halogens is 1. The van der Waals surface area contributed by atoms with Gasteiger partial charge in [0.1, 0.15) is 0 Å². The molecule has 2 fully saturated rings. The standard InChI is InChI=1S/C17H23BrN2O/c1-12-2-5-15(16(18)10-12)17(21)20-8-6-14(7-9-20)19-11-13-3-4-13/h2,5,10,13-14,19H,3-4,6-9,11H2,1H3. The molecule has 1 aliphatic carbocycles. The maximum atomic E-state index is 12.6. The summed E-state index contributed by atoms with van der Waals surface area (Å²) in [6.07, 6.45) is 4.93. The second-order valence-corrected chi connectivity index (χ2v) is 7.26. The minimum Gasteiger partial charge on any atom is -0.338 e. The zero-order valence-electron chi connectivity index (χ0n) is 12.6. The zero-order valence-corrected chi connectivity index (χ0v) is 14.2. The Labute approximate surface area is 135 Å². The predicted molar refractivity (Wildman–Crippen MR) is 88.5 cm³/mol. The zero-order chi connectivity index (χ0) is 14.8. The average molecular weight is 351 g/mol. The fourth-order valence-electron chi connectivity index (χ4n) is 2.91. The number of aryl methyl sites for hydroxylation is 1. The van der Waals surface area contributed by atoms with E-state index in [1.165, 1.54) is 24.9 Å². The lowest BCUT2D eigenvalue weighted by Gasteiger charge is -2.33. The van der Waals surface area contributed by atoms with E-state index in [0.29, 0.717) is 6.04 Å². The Morgan fingerprint density at radius 2 is 2.00 bits per heavy atom. The molecule has 1 heterocycles. The first-order chi connectivity index (χ1) is 10.1.